The molecule has 27 heavy (non-hydrogen) atoms. The lowest BCUT2D eigenvalue weighted by Gasteiger charge is -2.09. The highest BCUT2D eigenvalue weighted by molar-refractivity contribution is 7.11. The van der Waals surface area contributed by atoms with E-state index in [1.807, 2.05) is 60.8 Å². The maximum absolute atomic E-state index is 12.3. The molecule has 0 aliphatic heterocycles. The van der Waals surface area contributed by atoms with Crippen molar-refractivity contribution >= 4 is 23.5 Å². The smallest absolute Gasteiger partial charge is 0.272 e. The summed E-state index contributed by atoms with van der Waals surface area (Å²) < 4.78 is 5.66. The maximum Gasteiger partial charge on any atom is 0.272 e. The van der Waals surface area contributed by atoms with Gasteiger partial charge in [0.25, 0.3) is 11.1 Å². The van der Waals surface area contributed by atoms with Gasteiger partial charge in [0, 0.05) is 16.8 Å². The summed E-state index contributed by atoms with van der Waals surface area (Å²) in [7, 11) is 3.97. The van der Waals surface area contributed by atoms with Gasteiger partial charge in [-0.05, 0) is 37.9 Å². The molecule has 0 saturated carbocycles. The molecule has 140 valence electrons. The number of aromatic amines is 2. The van der Waals surface area contributed by atoms with Gasteiger partial charge in [0.2, 0.25) is 0 Å². The minimum Gasteiger partial charge on any atom is -0.491 e. The molecule has 0 spiro atoms. The van der Waals surface area contributed by atoms with Crippen molar-refractivity contribution in [1.29, 1.82) is 0 Å². The van der Waals surface area contributed by atoms with E-state index in [0.29, 0.717) is 6.61 Å². The number of hydrogen-bond acceptors (Lipinski definition) is 5. The lowest BCUT2D eigenvalue weighted by atomic mass is 10.2. The van der Waals surface area contributed by atoms with Crippen LogP contribution in [0.2, 0.25) is 0 Å². The highest BCUT2D eigenvalue weighted by Crippen LogP contribution is 2.21. The lowest BCUT2D eigenvalue weighted by molar-refractivity contribution is 0.262. The van der Waals surface area contributed by atoms with E-state index in [9.17, 15) is 9.59 Å². The topological polar surface area (TPSA) is 78.2 Å². The summed E-state index contributed by atoms with van der Waals surface area (Å²) in [6, 6.07) is 11.2. The van der Waals surface area contributed by atoms with Crippen molar-refractivity contribution in [1.82, 2.24) is 14.9 Å². The number of H-pyrrole nitrogens is 2. The molecular formula is C20H21N3O3S. The zero-order valence-electron chi connectivity index (χ0n) is 15.2. The van der Waals surface area contributed by atoms with E-state index in [-0.39, 0.29) is 21.8 Å². The predicted molar refractivity (Wildman–Crippen MR) is 109 cm³/mol. The lowest BCUT2D eigenvalue weighted by Crippen LogP contribution is -2.46. The normalized spacial score (nSPS) is 12.7. The fraction of sp³-hybridized carbons (Fsp3) is 0.200. The average molecular weight is 383 g/mol. The Morgan fingerprint density at radius 3 is 2.37 bits per heavy atom. The van der Waals surface area contributed by atoms with Gasteiger partial charge in [0.15, 0.2) is 0 Å². The largest absolute Gasteiger partial charge is 0.491 e. The van der Waals surface area contributed by atoms with Gasteiger partial charge < -0.3 is 19.6 Å². The molecule has 2 N–H and O–H groups in total. The molecule has 0 aliphatic carbocycles. The number of rotatable bonds is 6. The summed E-state index contributed by atoms with van der Waals surface area (Å²) in [5, 5.41) is 2.32. The molecule has 1 aromatic carbocycles. The summed E-state index contributed by atoms with van der Waals surface area (Å²) in [6.45, 7) is 1.41. The molecule has 6 nitrogen and oxygen atoms in total. The number of thiophene rings is 1. The maximum atomic E-state index is 12.3. The van der Waals surface area contributed by atoms with Gasteiger partial charge in [-0.15, -0.1) is 11.3 Å². The average Bonchev–Trinajstić information content (AvgIpc) is 3.07. The van der Waals surface area contributed by atoms with Crippen LogP contribution in [-0.4, -0.2) is 42.1 Å². The van der Waals surface area contributed by atoms with E-state index >= 15 is 0 Å². The van der Waals surface area contributed by atoms with Crippen molar-refractivity contribution in [2.45, 2.75) is 0 Å². The molecular weight excluding hydrogens is 362 g/mol. The molecule has 7 heteroatoms. The first-order chi connectivity index (χ1) is 13.0. The number of ether oxygens (including phenoxy) is 1. The van der Waals surface area contributed by atoms with Crippen molar-refractivity contribution in [3.63, 3.8) is 0 Å². The Bertz CT molecular complexity index is 1130. The van der Waals surface area contributed by atoms with Crippen molar-refractivity contribution in [2.24, 2.45) is 0 Å². The van der Waals surface area contributed by atoms with E-state index < -0.39 is 0 Å². The molecule has 2 aromatic heterocycles. The van der Waals surface area contributed by atoms with Gasteiger partial charge >= 0.3 is 0 Å². The van der Waals surface area contributed by atoms with Gasteiger partial charge in [-0.1, -0.05) is 30.3 Å². The molecule has 0 atom stereocenters. The number of likely N-dealkylation sites (N-methyl/N-ethyl adjacent to an activating group) is 1. The quantitative estimate of drug-likeness (QED) is 0.658. The van der Waals surface area contributed by atoms with Gasteiger partial charge in [0.1, 0.15) is 23.1 Å². The van der Waals surface area contributed by atoms with E-state index in [2.05, 4.69) is 9.97 Å². The van der Waals surface area contributed by atoms with Crippen molar-refractivity contribution in [3.8, 4) is 5.75 Å². The van der Waals surface area contributed by atoms with E-state index in [1.54, 1.807) is 12.2 Å². The molecule has 3 aromatic rings. The minimum absolute atomic E-state index is 0.215. The standard InChI is InChI=1S/C20H21N3O3S/c1-23(2)8-9-26-15-11-16(27-13-15)12-18-20(25)21-17(19(24)22-18)10-14-6-4-3-5-7-14/h3-7,10-13H,8-9H2,1-2H3,(H,21,25)(H,22,24)/b17-10-,18-12-. The highest BCUT2D eigenvalue weighted by atomic mass is 32.1. The number of nitrogens with one attached hydrogen (secondary N) is 2. The van der Waals surface area contributed by atoms with Crippen molar-refractivity contribution in [2.75, 3.05) is 27.2 Å². The number of benzene rings is 1. The van der Waals surface area contributed by atoms with Gasteiger partial charge in [0.05, 0.1) is 0 Å². The Morgan fingerprint density at radius 2 is 1.70 bits per heavy atom. The third-order valence-electron chi connectivity index (χ3n) is 3.79. The molecule has 0 radical (unpaired) electrons. The Morgan fingerprint density at radius 1 is 1.04 bits per heavy atom. The zero-order chi connectivity index (χ0) is 19.2. The molecule has 2 heterocycles. The van der Waals surface area contributed by atoms with Crippen LogP contribution in [0.1, 0.15) is 10.4 Å². The van der Waals surface area contributed by atoms with Gasteiger partial charge in [-0.2, -0.15) is 0 Å². The number of hydrogen-bond donors (Lipinski definition) is 2. The third kappa shape index (κ3) is 5.29. The zero-order valence-corrected chi connectivity index (χ0v) is 16.0. The van der Waals surface area contributed by atoms with Crippen LogP contribution in [0, 0.1) is 0 Å². The molecule has 0 fully saturated rings. The minimum atomic E-state index is -0.347. The van der Waals surface area contributed by atoms with Crippen LogP contribution in [0.3, 0.4) is 0 Å². The third-order valence-corrected chi connectivity index (χ3v) is 4.64. The summed E-state index contributed by atoms with van der Waals surface area (Å²) in [5.41, 5.74) is 0.150. The first-order valence-electron chi connectivity index (χ1n) is 8.48. The van der Waals surface area contributed by atoms with Crippen LogP contribution in [-0.2, 0) is 0 Å². The Balaban J connectivity index is 1.87. The van der Waals surface area contributed by atoms with E-state index in [0.717, 1.165) is 22.7 Å². The number of nitrogens with zero attached hydrogens (tertiary/aromatic N) is 1. The van der Waals surface area contributed by atoms with Crippen LogP contribution in [0.25, 0.3) is 12.2 Å². The van der Waals surface area contributed by atoms with Crippen LogP contribution in [0.5, 0.6) is 5.75 Å². The molecule has 0 saturated heterocycles. The van der Waals surface area contributed by atoms with E-state index in [1.165, 1.54) is 11.3 Å². The summed E-state index contributed by atoms with van der Waals surface area (Å²) in [6.07, 6.45) is 3.29. The monoisotopic (exact) mass is 383 g/mol. The second-order valence-electron chi connectivity index (χ2n) is 6.27. The van der Waals surface area contributed by atoms with Crippen LogP contribution in [0.4, 0.5) is 0 Å². The highest BCUT2D eigenvalue weighted by Gasteiger charge is 2.01. The first-order valence-corrected chi connectivity index (χ1v) is 9.36. The van der Waals surface area contributed by atoms with Crippen LogP contribution >= 0.6 is 11.3 Å². The van der Waals surface area contributed by atoms with E-state index in [4.69, 9.17) is 4.74 Å². The molecule has 0 amide bonds. The Kier molecular flexibility index (Phi) is 6.05. The van der Waals surface area contributed by atoms with Crippen LogP contribution < -0.4 is 26.6 Å². The van der Waals surface area contributed by atoms with Crippen molar-refractivity contribution < 1.29 is 4.74 Å². The van der Waals surface area contributed by atoms with Gasteiger partial charge in [-0.25, -0.2) is 0 Å². The fourth-order valence-electron chi connectivity index (χ4n) is 2.39. The van der Waals surface area contributed by atoms with Crippen molar-refractivity contribution in [3.05, 3.63) is 83.6 Å². The summed E-state index contributed by atoms with van der Waals surface area (Å²) >= 11 is 1.45. The predicted octanol–water partition coefficient (Wildman–Crippen LogP) is 0.723. The SMILES string of the molecule is CN(C)CCOc1csc(/C=c2\[nH]c(=O)/c(=C/c3ccccc3)[nH]c2=O)c1. The second-order valence-corrected chi connectivity index (χ2v) is 7.21. The summed E-state index contributed by atoms with van der Waals surface area (Å²) in [4.78, 5) is 32.8. The number of aromatic nitrogens is 2. The fourth-order valence-corrected chi connectivity index (χ4v) is 3.14. The molecule has 0 bridgehead atoms. The molecule has 0 aliphatic rings. The Hall–Kier alpha value is -2.90. The van der Waals surface area contributed by atoms with Crippen LogP contribution in [0.15, 0.2) is 51.4 Å². The van der Waals surface area contributed by atoms with Gasteiger partial charge in [-0.3, -0.25) is 9.59 Å². The Labute approximate surface area is 160 Å². The summed E-state index contributed by atoms with van der Waals surface area (Å²) in [5.74, 6) is 0.751. The molecule has 3 rings (SSSR count). The molecule has 0 unspecified atom stereocenters. The second kappa shape index (κ2) is 8.66. The first kappa shape index (κ1) is 18.9.